The third-order valence-corrected chi connectivity index (χ3v) is 6.91. The molecule has 7 heteroatoms. The zero-order chi connectivity index (χ0) is 24.5. The predicted molar refractivity (Wildman–Crippen MR) is 137 cm³/mol. The van der Waals surface area contributed by atoms with Gasteiger partial charge in [0.1, 0.15) is 12.4 Å². The first kappa shape index (κ1) is 24.9. The van der Waals surface area contributed by atoms with E-state index in [2.05, 4.69) is 21.6 Å². The van der Waals surface area contributed by atoms with Crippen LogP contribution in [-0.4, -0.2) is 43.9 Å². The van der Waals surface area contributed by atoms with Crippen molar-refractivity contribution in [2.75, 3.05) is 24.6 Å². The number of nitrogens with one attached hydrogen (secondary N) is 2. The maximum absolute atomic E-state index is 12.6. The van der Waals surface area contributed by atoms with Crippen molar-refractivity contribution in [1.29, 1.82) is 5.26 Å². The molecule has 2 aromatic rings. The molecule has 186 valence electrons. The highest BCUT2D eigenvalue weighted by molar-refractivity contribution is 5.67. The number of anilines is 1. The van der Waals surface area contributed by atoms with E-state index in [4.69, 9.17) is 14.7 Å². The normalized spacial score (nSPS) is 22.2. The first-order chi connectivity index (χ1) is 17.1. The Hall–Kier alpha value is -3.24. The van der Waals surface area contributed by atoms with E-state index < -0.39 is 0 Å². The lowest BCUT2D eigenvalue weighted by Crippen LogP contribution is -2.57. The molecular weight excluding hydrogens is 440 g/mol. The average molecular weight is 477 g/mol. The van der Waals surface area contributed by atoms with Gasteiger partial charge in [-0.25, -0.2) is 4.79 Å². The van der Waals surface area contributed by atoms with Gasteiger partial charge in [-0.15, -0.1) is 0 Å². The number of alkyl carbamates (subject to hydrolysis) is 1. The minimum atomic E-state index is -0.361. The summed E-state index contributed by atoms with van der Waals surface area (Å²) in [6.45, 7) is 4.77. The molecule has 3 atom stereocenters. The molecule has 2 aliphatic rings. The van der Waals surface area contributed by atoms with Gasteiger partial charge in [-0.3, -0.25) is 0 Å². The SMILES string of the molecule is CCOc1ccc(COC(=O)N[C@@H]2CCCC[C@H]2N[C@H]2CCCN(c3ccc(C#N)cc3)C2)cc1. The smallest absolute Gasteiger partial charge is 0.407 e. The van der Waals surface area contributed by atoms with E-state index in [1.165, 1.54) is 6.42 Å². The Kier molecular flexibility index (Phi) is 8.85. The fourth-order valence-electron chi connectivity index (χ4n) is 5.09. The van der Waals surface area contributed by atoms with Gasteiger partial charge in [0.25, 0.3) is 0 Å². The zero-order valence-electron chi connectivity index (χ0n) is 20.5. The van der Waals surface area contributed by atoms with Crippen LogP contribution in [0.25, 0.3) is 0 Å². The van der Waals surface area contributed by atoms with Crippen LogP contribution in [-0.2, 0) is 11.3 Å². The third-order valence-electron chi connectivity index (χ3n) is 6.91. The number of benzene rings is 2. The Bertz CT molecular complexity index is 987. The number of nitriles is 1. The highest BCUT2D eigenvalue weighted by atomic mass is 16.5. The van der Waals surface area contributed by atoms with E-state index >= 15 is 0 Å². The van der Waals surface area contributed by atoms with Crippen molar-refractivity contribution in [2.24, 2.45) is 0 Å². The summed E-state index contributed by atoms with van der Waals surface area (Å²) >= 11 is 0. The lowest BCUT2D eigenvalue weighted by Gasteiger charge is -2.40. The number of piperidine rings is 1. The molecule has 1 aliphatic heterocycles. The van der Waals surface area contributed by atoms with Crippen LogP contribution in [0.4, 0.5) is 10.5 Å². The minimum Gasteiger partial charge on any atom is -0.494 e. The molecule has 0 bridgehead atoms. The second-order valence-corrected chi connectivity index (χ2v) is 9.41. The summed E-state index contributed by atoms with van der Waals surface area (Å²) in [5, 5.41) is 16.0. The molecular formula is C28H36N4O3. The van der Waals surface area contributed by atoms with Gasteiger partial charge in [0.2, 0.25) is 0 Å². The van der Waals surface area contributed by atoms with Crippen LogP contribution in [0.5, 0.6) is 5.75 Å². The fraction of sp³-hybridized carbons (Fsp3) is 0.500. The summed E-state index contributed by atoms with van der Waals surface area (Å²) in [6.07, 6.45) is 6.18. The third kappa shape index (κ3) is 7.12. The van der Waals surface area contributed by atoms with Crippen molar-refractivity contribution in [3.63, 3.8) is 0 Å². The molecule has 2 N–H and O–H groups in total. The van der Waals surface area contributed by atoms with Gasteiger partial charge < -0.3 is 25.0 Å². The monoisotopic (exact) mass is 476 g/mol. The first-order valence-electron chi connectivity index (χ1n) is 12.8. The number of carbonyl (C=O) groups is 1. The van der Waals surface area contributed by atoms with Crippen LogP contribution >= 0.6 is 0 Å². The van der Waals surface area contributed by atoms with Crippen LogP contribution < -0.4 is 20.3 Å². The van der Waals surface area contributed by atoms with Crippen LogP contribution in [0.3, 0.4) is 0 Å². The van der Waals surface area contributed by atoms with Gasteiger partial charge in [0, 0.05) is 36.9 Å². The summed E-state index contributed by atoms with van der Waals surface area (Å²) < 4.78 is 11.0. The Balaban J connectivity index is 1.27. The highest BCUT2D eigenvalue weighted by Crippen LogP contribution is 2.24. The minimum absolute atomic E-state index is 0.0712. The van der Waals surface area contributed by atoms with E-state index in [1.807, 2.05) is 55.5 Å². The van der Waals surface area contributed by atoms with Crippen molar-refractivity contribution < 1.29 is 14.3 Å². The Morgan fingerprint density at radius 1 is 1.03 bits per heavy atom. The Labute approximate surface area is 208 Å². The molecule has 0 spiro atoms. The van der Waals surface area contributed by atoms with Gasteiger partial charge in [-0.1, -0.05) is 25.0 Å². The second-order valence-electron chi connectivity index (χ2n) is 9.41. The summed E-state index contributed by atoms with van der Waals surface area (Å²) in [6, 6.07) is 18.3. The molecule has 35 heavy (non-hydrogen) atoms. The second kappa shape index (κ2) is 12.5. The standard InChI is InChI=1S/C28H36N4O3/c1-2-34-25-15-11-22(12-16-25)20-35-28(33)31-27-8-4-3-7-26(27)30-23-6-5-17-32(19-23)24-13-9-21(18-29)10-14-24/h9-16,23,26-27,30H,2-8,17,19-20H2,1H3,(H,31,33)/t23-,26+,27+/m0/s1. The maximum atomic E-state index is 12.6. The number of nitrogens with zero attached hydrogens (tertiary/aromatic N) is 2. The van der Waals surface area contributed by atoms with Crippen molar-refractivity contribution in [3.8, 4) is 11.8 Å². The highest BCUT2D eigenvalue weighted by Gasteiger charge is 2.30. The van der Waals surface area contributed by atoms with E-state index in [-0.39, 0.29) is 24.8 Å². The summed E-state index contributed by atoms with van der Waals surface area (Å²) in [5.41, 5.74) is 2.78. The van der Waals surface area contributed by atoms with Gasteiger partial charge >= 0.3 is 6.09 Å². The molecule has 0 aromatic heterocycles. The number of carbonyl (C=O) groups excluding carboxylic acids is 1. The van der Waals surface area contributed by atoms with E-state index in [1.54, 1.807) is 0 Å². The van der Waals surface area contributed by atoms with Gasteiger partial charge in [-0.2, -0.15) is 5.26 Å². The van der Waals surface area contributed by atoms with Crippen LogP contribution in [0, 0.1) is 11.3 Å². The summed E-state index contributed by atoms with van der Waals surface area (Å²) in [4.78, 5) is 15.0. The number of ether oxygens (including phenoxy) is 2. The van der Waals surface area contributed by atoms with Crippen molar-refractivity contribution in [3.05, 3.63) is 59.7 Å². The van der Waals surface area contributed by atoms with Crippen LogP contribution in [0.1, 0.15) is 56.6 Å². The fourth-order valence-corrected chi connectivity index (χ4v) is 5.09. The van der Waals surface area contributed by atoms with Crippen LogP contribution in [0.2, 0.25) is 0 Å². The Morgan fingerprint density at radius 2 is 1.77 bits per heavy atom. The topological polar surface area (TPSA) is 86.6 Å². The first-order valence-corrected chi connectivity index (χ1v) is 12.8. The molecule has 2 aromatic carbocycles. The van der Waals surface area contributed by atoms with Crippen LogP contribution in [0.15, 0.2) is 48.5 Å². The van der Waals surface area contributed by atoms with Gasteiger partial charge in [0.05, 0.1) is 18.2 Å². The van der Waals surface area contributed by atoms with E-state index in [9.17, 15) is 4.79 Å². The van der Waals surface area contributed by atoms with Crippen molar-refractivity contribution in [2.45, 2.75) is 70.2 Å². The number of hydrogen-bond acceptors (Lipinski definition) is 6. The Morgan fingerprint density at radius 3 is 2.49 bits per heavy atom. The molecule has 1 aliphatic carbocycles. The molecule has 1 saturated carbocycles. The number of hydrogen-bond donors (Lipinski definition) is 2. The average Bonchev–Trinajstić information content (AvgIpc) is 2.90. The molecule has 2 fully saturated rings. The molecule has 7 nitrogen and oxygen atoms in total. The van der Waals surface area contributed by atoms with E-state index in [0.717, 1.165) is 62.2 Å². The molecule has 1 amide bonds. The lowest BCUT2D eigenvalue weighted by atomic mass is 9.89. The predicted octanol–water partition coefficient (Wildman–Crippen LogP) is 4.75. The maximum Gasteiger partial charge on any atom is 0.407 e. The van der Waals surface area contributed by atoms with Gasteiger partial charge in [-0.05, 0) is 74.6 Å². The van der Waals surface area contributed by atoms with Crippen molar-refractivity contribution >= 4 is 11.8 Å². The quantitative estimate of drug-likeness (QED) is 0.572. The molecule has 0 unspecified atom stereocenters. The molecule has 1 saturated heterocycles. The van der Waals surface area contributed by atoms with E-state index in [0.29, 0.717) is 18.2 Å². The zero-order valence-corrected chi connectivity index (χ0v) is 20.5. The van der Waals surface area contributed by atoms with Gasteiger partial charge in [0.15, 0.2) is 0 Å². The largest absolute Gasteiger partial charge is 0.494 e. The summed E-state index contributed by atoms with van der Waals surface area (Å²) in [5.74, 6) is 0.817. The molecule has 0 radical (unpaired) electrons. The molecule has 4 rings (SSSR count). The summed E-state index contributed by atoms with van der Waals surface area (Å²) in [7, 11) is 0. The van der Waals surface area contributed by atoms with Crippen molar-refractivity contribution in [1.82, 2.24) is 10.6 Å². The number of amides is 1. The lowest BCUT2D eigenvalue weighted by molar-refractivity contribution is 0.128. The number of rotatable bonds is 8. The molecule has 1 heterocycles.